The fraction of sp³-hybridized carbons (Fsp3) is 0.500. The fourth-order valence-corrected chi connectivity index (χ4v) is 4.96. The second-order valence-corrected chi connectivity index (χ2v) is 8.56. The largest absolute Gasteiger partial charge is 0.462 e. The number of nitrogens with one attached hydrogen (secondary N) is 1. The maximum atomic E-state index is 12.6. The average molecular weight is 418 g/mol. The lowest BCUT2D eigenvalue weighted by Crippen LogP contribution is -2.15. The Morgan fingerprint density at radius 2 is 1.93 bits per heavy atom. The molecule has 0 fully saturated rings. The second-order valence-electron chi connectivity index (χ2n) is 7.42. The van der Waals surface area contributed by atoms with Crippen LogP contribution >= 0.6 is 11.3 Å². The molecule has 0 amide bonds. The highest BCUT2D eigenvalue weighted by Gasteiger charge is 2.25. The van der Waals surface area contributed by atoms with E-state index in [1.54, 1.807) is 20.8 Å². The van der Waals surface area contributed by atoms with Crippen molar-refractivity contribution in [2.45, 2.75) is 53.4 Å². The van der Waals surface area contributed by atoms with Crippen LogP contribution in [0, 0.1) is 19.8 Å². The van der Waals surface area contributed by atoms with E-state index in [1.165, 1.54) is 21.8 Å². The van der Waals surface area contributed by atoms with Crippen LogP contribution < -0.4 is 0 Å². The number of rotatable bonds is 7. The summed E-state index contributed by atoms with van der Waals surface area (Å²) in [7, 11) is 0. The number of Topliss-reactive ketones (excluding diaryl/α,β-unsaturated/α-hetero) is 1. The number of ether oxygens (including phenoxy) is 2. The lowest BCUT2D eigenvalue weighted by atomic mass is 9.87. The van der Waals surface area contributed by atoms with Crippen molar-refractivity contribution in [2.24, 2.45) is 5.92 Å². The molecule has 2 aromatic rings. The summed E-state index contributed by atoms with van der Waals surface area (Å²) in [5, 5.41) is 0. The van der Waals surface area contributed by atoms with Crippen LogP contribution in [0.15, 0.2) is 6.07 Å². The van der Waals surface area contributed by atoms with E-state index in [9.17, 15) is 14.4 Å². The van der Waals surface area contributed by atoms with Gasteiger partial charge < -0.3 is 14.5 Å². The Labute approximate surface area is 174 Å². The standard InChI is InChI=1S/C22H27NO5S/c1-5-14-7-8-17-15(9-14)10-18(29-17)21(25)28-11-16(24)20-12(3)19(13(4)23-20)22(26)27-6-2/h10,14,23H,5-9,11H2,1-4H3/t14-/m0/s1. The molecule has 1 aliphatic rings. The number of carbonyl (C=O) groups is 3. The second kappa shape index (κ2) is 8.95. The van der Waals surface area contributed by atoms with Gasteiger partial charge >= 0.3 is 11.9 Å². The Kier molecular flexibility index (Phi) is 6.57. The predicted molar refractivity (Wildman–Crippen MR) is 111 cm³/mol. The van der Waals surface area contributed by atoms with Gasteiger partial charge in [-0.3, -0.25) is 4.79 Å². The van der Waals surface area contributed by atoms with E-state index in [2.05, 4.69) is 11.9 Å². The smallest absolute Gasteiger partial charge is 0.348 e. The van der Waals surface area contributed by atoms with Crippen molar-refractivity contribution >= 4 is 29.1 Å². The minimum absolute atomic E-state index is 0.258. The topological polar surface area (TPSA) is 85.5 Å². The Hall–Kier alpha value is -2.41. The summed E-state index contributed by atoms with van der Waals surface area (Å²) < 4.78 is 10.3. The van der Waals surface area contributed by atoms with Gasteiger partial charge in [0, 0.05) is 10.6 Å². The minimum Gasteiger partial charge on any atom is -0.462 e. The number of carbonyl (C=O) groups excluding carboxylic acids is 3. The highest BCUT2D eigenvalue weighted by Crippen LogP contribution is 2.33. The number of H-pyrrole nitrogens is 1. The van der Waals surface area contributed by atoms with Gasteiger partial charge in [0.05, 0.1) is 17.9 Å². The predicted octanol–water partition coefficient (Wildman–Crippen LogP) is 4.42. The zero-order chi connectivity index (χ0) is 21.1. The van der Waals surface area contributed by atoms with Crippen LogP contribution in [-0.2, 0) is 22.3 Å². The number of hydrogen-bond acceptors (Lipinski definition) is 6. The minimum atomic E-state index is -0.475. The van der Waals surface area contributed by atoms with Crippen LogP contribution in [0.4, 0.5) is 0 Å². The first-order chi connectivity index (χ1) is 13.8. The first-order valence-corrected chi connectivity index (χ1v) is 10.8. The van der Waals surface area contributed by atoms with E-state index in [0.717, 1.165) is 25.7 Å². The molecule has 1 aliphatic carbocycles. The van der Waals surface area contributed by atoms with E-state index < -0.39 is 11.9 Å². The maximum Gasteiger partial charge on any atom is 0.348 e. The molecule has 0 radical (unpaired) electrons. The monoisotopic (exact) mass is 417 g/mol. The van der Waals surface area contributed by atoms with Gasteiger partial charge in [0.15, 0.2) is 6.61 Å². The summed E-state index contributed by atoms with van der Waals surface area (Å²) in [6.45, 7) is 7.20. The number of hydrogen-bond donors (Lipinski definition) is 1. The highest BCUT2D eigenvalue weighted by molar-refractivity contribution is 7.14. The van der Waals surface area contributed by atoms with E-state index >= 15 is 0 Å². The van der Waals surface area contributed by atoms with Crippen LogP contribution in [0.1, 0.15) is 78.9 Å². The van der Waals surface area contributed by atoms with Gasteiger partial charge in [-0.05, 0) is 63.1 Å². The molecule has 0 aliphatic heterocycles. The van der Waals surface area contributed by atoms with E-state index in [4.69, 9.17) is 9.47 Å². The number of esters is 2. The van der Waals surface area contributed by atoms with Crippen molar-refractivity contribution in [3.05, 3.63) is 43.9 Å². The van der Waals surface area contributed by atoms with E-state index in [1.807, 2.05) is 6.07 Å². The Balaban J connectivity index is 1.66. The first-order valence-electron chi connectivity index (χ1n) is 10.0. The summed E-state index contributed by atoms with van der Waals surface area (Å²) in [5.74, 6) is -0.640. The van der Waals surface area contributed by atoms with E-state index in [-0.39, 0.29) is 24.7 Å². The normalized spacial score (nSPS) is 15.7. The number of aryl methyl sites for hydroxylation is 2. The average Bonchev–Trinajstić information content (AvgIpc) is 3.25. The maximum absolute atomic E-state index is 12.6. The molecule has 0 bridgehead atoms. The van der Waals surface area contributed by atoms with Gasteiger partial charge in [-0.15, -0.1) is 11.3 Å². The fourth-order valence-electron chi connectivity index (χ4n) is 3.86. The molecule has 6 nitrogen and oxygen atoms in total. The molecule has 2 aromatic heterocycles. The molecule has 1 N–H and O–H groups in total. The van der Waals surface area contributed by atoms with Crippen LogP contribution in [0.5, 0.6) is 0 Å². The third kappa shape index (κ3) is 4.45. The zero-order valence-electron chi connectivity index (χ0n) is 17.3. The van der Waals surface area contributed by atoms with Crippen LogP contribution in [0.25, 0.3) is 0 Å². The van der Waals surface area contributed by atoms with Gasteiger partial charge in [0.1, 0.15) is 4.88 Å². The Morgan fingerprint density at radius 3 is 2.62 bits per heavy atom. The molecule has 2 heterocycles. The Bertz CT molecular complexity index is 939. The molecule has 0 saturated carbocycles. The molecule has 0 saturated heterocycles. The van der Waals surface area contributed by atoms with Gasteiger partial charge in [0.2, 0.25) is 5.78 Å². The summed E-state index contributed by atoms with van der Waals surface area (Å²) in [6.07, 6.45) is 4.31. The van der Waals surface area contributed by atoms with Crippen LogP contribution in [-0.4, -0.2) is 35.9 Å². The quantitative estimate of drug-likeness (QED) is 0.532. The molecule has 3 rings (SSSR count). The number of aromatic nitrogens is 1. The van der Waals surface area contributed by atoms with E-state index in [0.29, 0.717) is 27.6 Å². The van der Waals surface area contributed by atoms with Crippen molar-refractivity contribution in [2.75, 3.05) is 13.2 Å². The first kappa shape index (κ1) is 21.3. The van der Waals surface area contributed by atoms with Crippen LogP contribution in [0.2, 0.25) is 0 Å². The van der Waals surface area contributed by atoms with Gasteiger partial charge in [-0.2, -0.15) is 0 Å². The summed E-state index contributed by atoms with van der Waals surface area (Å²) >= 11 is 1.47. The highest BCUT2D eigenvalue weighted by atomic mass is 32.1. The van der Waals surface area contributed by atoms with Gasteiger partial charge in [-0.1, -0.05) is 13.3 Å². The van der Waals surface area contributed by atoms with Crippen molar-refractivity contribution in [3.8, 4) is 0 Å². The number of fused-ring (bicyclic) bond motifs is 1. The lowest BCUT2D eigenvalue weighted by Gasteiger charge is -2.19. The molecule has 156 valence electrons. The molecular formula is C22H27NO5S. The van der Waals surface area contributed by atoms with Crippen molar-refractivity contribution in [1.82, 2.24) is 4.98 Å². The molecule has 1 atom stereocenters. The zero-order valence-corrected chi connectivity index (χ0v) is 18.2. The number of aromatic amines is 1. The molecule has 0 spiro atoms. The Morgan fingerprint density at radius 1 is 1.17 bits per heavy atom. The van der Waals surface area contributed by atoms with Crippen molar-refractivity contribution in [3.63, 3.8) is 0 Å². The SMILES string of the molecule is CCOC(=O)c1c(C)[nH]c(C(=O)COC(=O)c2cc3c(s2)CC[C@H](CC)C3)c1C. The number of ketones is 1. The molecular weight excluding hydrogens is 390 g/mol. The third-order valence-electron chi connectivity index (χ3n) is 5.49. The van der Waals surface area contributed by atoms with Gasteiger partial charge in [0.25, 0.3) is 0 Å². The number of thiophene rings is 1. The van der Waals surface area contributed by atoms with Crippen LogP contribution in [0.3, 0.4) is 0 Å². The molecule has 0 aromatic carbocycles. The van der Waals surface area contributed by atoms with Crippen molar-refractivity contribution < 1.29 is 23.9 Å². The summed E-state index contributed by atoms with van der Waals surface area (Å²) in [5.41, 5.74) is 2.94. The van der Waals surface area contributed by atoms with Crippen molar-refractivity contribution in [1.29, 1.82) is 0 Å². The van der Waals surface area contributed by atoms with Gasteiger partial charge in [-0.25, -0.2) is 9.59 Å². The summed E-state index contributed by atoms with van der Waals surface area (Å²) in [4.78, 5) is 41.8. The lowest BCUT2D eigenvalue weighted by molar-refractivity contribution is 0.0477. The molecule has 29 heavy (non-hydrogen) atoms. The molecule has 0 unspecified atom stereocenters. The third-order valence-corrected chi connectivity index (χ3v) is 6.71. The summed E-state index contributed by atoms with van der Waals surface area (Å²) in [6, 6.07) is 1.91. The molecule has 7 heteroatoms.